The van der Waals surface area contributed by atoms with Gasteiger partial charge in [0.1, 0.15) is 11.9 Å². The Kier molecular flexibility index (Phi) is 5.76. The zero-order valence-electron chi connectivity index (χ0n) is 14.4. The highest BCUT2D eigenvalue weighted by atomic mass is 35.5. The maximum absolute atomic E-state index is 12.8. The van der Waals surface area contributed by atoms with Gasteiger partial charge in [-0.15, -0.1) is 0 Å². The van der Waals surface area contributed by atoms with Gasteiger partial charge in [0.25, 0.3) is 5.91 Å². The lowest BCUT2D eigenvalue weighted by Gasteiger charge is -2.24. The summed E-state index contributed by atoms with van der Waals surface area (Å²) in [6, 6.07) is 1.63. The van der Waals surface area contributed by atoms with Crippen LogP contribution >= 0.6 is 11.6 Å². The number of halogens is 1. The van der Waals surface area contributed by atoms with Gasteiger partial charge in [-0.1, -0.05) is 25.4 Å². The van der Waals surface area contributed by atoms with Crippen LogP contribution < -0.4 is 10.5 Å². The number of fused-ring (bicyclic) bond motifs is 1. The predicted molar refractivity (Wildman–Crippen MR) is 94.4 cm³/mol. The second kappa shape index (κ2) is 7.41. The highest BCUT2D eigenvalue weighted by Gasteiger charge is 2.30. The Hall–Kier alpha value is -1.46. The fourth-order valence-corrected chi connectivity index (χ4v) is 3.09. The Bertz CT molecular complexity index is 588. The van der Waals surface area contributed by atoms with Crippen molar-refractivity contribution < 1.29 is 9.53 Å². The number of hydrogen-bond acceptors (Lipinski definition) is 4. The third kappa shape index (κ3) is 3.72. The Morgan fingerprint density at radius 3 is 2.65 bits per heavy atom. The first kappa shape index (κ1) is 17.9. The summed E-state index contributed by atoms with van der Waals surface area (Å²) in [6.07, 6.45) is 0.698. The smallest absolute Gasteiger partial charge is 0.257 e. The van der Waals surface area contributed by atoms with Crippen LogP contribution in [0.1, 0.15) is 36.7 Å². The van der Waals surface area contributed by atoms with Crippen LogP contribution in [-0.4, -0.2) is 55.0 Å². The third-order valence-corrected chi connectivity index (χ3v) is 4.72. The molecule has 6 heteroatoms. The Labute approximate surface area is 143 Å². The number of anilines is 1. The summed E-state index contributed by atoms with van der Waals surface area (Å²) >= 11 is 6.21. The molecule has 1 atom stereocenters. The van der Waals surface area contributed by atoms with Gasteiger partial charge in [-0.2, -0.15) is 0 Å². The molecule has 0 radical (unpaired) electrons. The summed E-state index contributed by atoms with van der Waals surface area (Å²) < 4.78 is 5.82. The number of ether oxygens (including phenoxy) is 1. The molecular formula is C17H26ClN3O2. The molecule has 1 unspecified atom stereocenters. The highest BCUT2D eigenvalue weighted by molar-refractivity contribution is 6.33. The molecule has 0 fully saturated rings. The van der Waals surface area contributed by atoms with E-state index >= 15 is 0 Å². The molecule has 0 spiro atoms. The summed E-state index contributed by atoms with van der Waals surface area (Å²) in [6.45, 7) is 9.65. The zero-order valence-corrected chi connectivity index (χ0v) is 15.1. The molecule has 0 aliphatic carbocycles. The molecule has 2 N–H and O–H groups in total. The highest BCUT2D eigenvalue weighted by Crippen LogP contribution is 2.40. The Balaban J connectivity index is 2.20. The van der Waals surface area contributed by atoms with E-state index < -0.39 is 0 Å². The number of rotatable bonds is 6. The molecule has 1 aliphatic heterocycles. The van der Waals surface area contributed by atoms with Crippen molar-refractivity contribution in [1.82, 2.24) is 9.80 Å². The fourth-order valence-electron chi connectivity index (χ4n) is 2.86. The van der Waals surface area contributed by atoms with Crippen molar-refractivity contribution in [3.8, 4) is 5.75 Å². The normalized spacial score (nSPS) is 16.3. The minimum atomic E-state index is -0.0793. The van der Waals surface area contributed by atoms with Gasteiger partial charge in [0.05, 0.1) is 16.3 Å². The monoisotopic (exact) mass is 339 g/mol. The molecule has 1 aromatic carbocycles. The SMILES string of the molecule is CCN(CC)CCN(C)C(=O)c1cc(Cl)c(N)c2c1OC(C)C2. The largest absolute Gasteiger partial charge is 0.489 e. The number of nitrogens with two attached hydrogens (primary N) is 1. The molecular weight excluding hydrogens is 314 g/mol. The van der Waals surface area contributed by atoms with E-state index in [1.807, 2.05) is 6.92 Å². The van der Waals surface area contributed by atoms with Gasteiger partial charge in [-0.3, -0.25) is 4.79 Å². The number of carbonyl (C=O) groups excluding carboxylic acids is 1. The molecule has 1 amide bonds. The number of carbonyl (C=O) groups is 1. The molecule has 0 bridgehead atoms. The summed E-state index contributed by atoms with van der Waals surface area (Å²) in [4.78, 5) is 16.8. The second-order valence-electron chi connectivity index (χ2n) is 6.01. The van der Waals surface area contributed by atoms with E-state index in [0.717, 1.165) is 25.2 Å². The predicted octanol–water partition coefficient (Wildman–Crippen LogP) is 2.66. The lowest BCUT2D eigenvalue weighted by molar-refractivity contribution is 0.0775. The first-order valence-corrected chi connectivity index (χ1v) is 8.52. The van der Waals surface area contributed by atoms with Crippen LogP contribution in [0.25, 0.3) is 0 Å². The van der Waals surface area contributed by atoms with Crippen LogP contribution in [-0.2, 0) is 6.42 Å². The van der Waals surface area contributed by atoms with Gasteiger partial charge in [0.15, 0.2) is 0 Å². The molecule has 2 rings (SSSR count). The number of likely N-dealkylation sites (N-methyl/N-ethyl adjacent to an activating group) is 2. The quantitative estimate of drug-likeness (QED) is 0.809. The molecule has 1 aromatic rings. The maximum Gasteiger partial charge on any atom is 0.257 e. The van der Waals surface area contributed by atoms with E-state index in [1.54, 1.807) is 18.0 Å². The van der Waals surface area contributed by atoms with Crippen molar-refractivity contribution >= 4 is 23.2 Å². The van der Waals surface area contributed by atoms with Gasteiger partial charge >= 0.3 is 0 Å². The zero-order chi connectivity index (χ0) is 17.1. The van der Waals surface area contributed by atoms with E-state index in [4.69, 9.17) is 22.1 Å². The molecule has 0 aromatic heterocycles. The number of nitrogen functional groups attached to an aromatic ring is 1. The Morgan fingerprint density at radius 2 is 2.04 bits per heavy atom. The first-order valence-electron chi connectivity index (χ1n) is 8.14. The van der Waals surface area contributed by atoms with Gasteiger partial charge < -0.3 is 20.3 Å². The van der Waals surface area contributed by atoms with Gasteiger partial charge in [-0.05, 0) is 26.1 Å². The van der Waals surface area contributed by atoms with Crippen molar-refractivity contribution in [2.24, 2.45) is 0 Å². The number of hydrogen-bond donors (Lipinski definition) is 1. The maximum atomic E-state index is 12.8. The van der Waals surface area contributed by atoms with E-state index in [2.05, 4.69) is 18.7 Å². The summed E-state index contributed by atoms with van der Waals surface area (Å²) in [5, 5.41) is 0.418. The molecule has 0 saturated heterocycles. The second-order valence-corrected chi connectivity index (χ2v) is 6.42. The van der Waals surface area contributed by atoms with Crippen molar-refractivity contribution in [3.05, 3.63) is 22.2 Å². The van der Waals surface area contributed by atoms with E-state index in [9.17, 15) is 4.79 Å². The molecule has 0 saturated carbocycles. The van der Waals surface area contributed by atoms with E-state index in [1.165, 1.54) is 0 Å². The molecule has 128 valence electrons. The lowest BCUT2D eigenvalue weighted by Crippen LogP contribution is -2.36. The van der Waals surface area contributed by atoms with Crippen LogP contribution in [0.15, 0.2) is 6.07 Å². The van der Waals surface area contributed by atoms with Crippen molar-refractivity contribution in [3.63, 3.8) is 0 Å². The van der Waals surface area contributed by atoms with Crippen molar-refractivity contribution in [2.45, 2.75) is 33.3 Å². The van der Waals surface area contributed by atoms with Gasteiger partial charge in [0.2, 0.25) is 0 Å². The average molecular weight is 340 g/mol. The minimum Gasteiger partial charge on any atom is -0.489 e. The summed E-state index contributed by atoms with van der Waals surface area (Å²) in [5.74, 6) is 0.517. The third-order valence-electron chi connectivity index (χ3n) is 4.41. The number of benzene rings is 1. The first-order chi connectivity index (χ1) is 10.9. The van der Waals surface area contributed by atoms with Crippen LogP contribution in [0.4, 0.5) is 5.69 Å². The summed E-state index contributed by atoms with van der Waals surface area (Å²) in [5.41, 5.74) is 7.91. The van der Waals surface area contributed by atoms with Crippen LogP contribution in [0.2, 0.25) is 5.02 Å². The minimum absolute atomic E-state index is 0.0123. The van der Waals surface area contributed by atoms with E-state index in [0.29, 0.717) is 35.0 Å². The summed E-state index contributed by atoms with van der Waals surface area (Å²) in [7, 11) is 1.81. The molecule has 1 aliphatic rings. The van der Waals surface area contributed by atoms with Gasteiger partial charge in [-0.25, -0.2) is 0 Å². The molecule has 23 heavy (non-hydrogen) atoms. The molecule has 5 nitrogen and oxygen atoms in total. The van der Waals surface area contributed by atoms with Crippen LogP contribution in [0.5, 0.6) is 5.75 Å². The average Bonchev–Trinajstić information content (AvgIpc) is 2.93. The van der Waals surface area contributed by atoms with Crippen molar-refractivity contribution in [2.75, 3.05) is 39.0 Å². The van der Waals surface area contributed by atoms with E-state index in [-0.39, 0.29) is 12.0 Å². The van der Waals surface area contributed by atoms with Crippen molar-refractivity contribution in [1.29, 1.82) is 0 Å². The van der Waals surface area contributed by atoms with Crippen LogP contribution in [0, 0.1) is 0 Å². The van der Waals surface area contributed by atoms with Gasteiger partial charge in [0, 0.05) is 32.1 Å². The molecule has 1 heterocycles. The number of amides is 1. The fraction of sp³-hybridized carbons (Fsp3) is 0.588. The lowest BCUT2D eigenvalue weighted by atomic mass is 10.0. The van der Waals surface area contributed by atoms with Crippen LogP contribution in [0.3, 0.4) is 0 Å². The topological polar surface area (TPSA) is 58.8 Å². The standard InChI is InChI=1S/C17H26ClN3O2/c1-5-21(6-2)8-7-20(4)17(22)13-10-14(18)15(19)12-9-11(3)23-16(12)13/h10-11H,5-9,19H2,1-4H3. The Morgan fingerprint density at radius 1 is 1.39 bits per heavy atom. The number of nitrogens with zero attached hydrogens (tertiary/aromatic N) is 2.